The minimum Gasteiger partial charge on any atom is -0.457 e. The second-order valence-corrected chi connectivity index (χ2v) is 7.50. The Morgan fingerprint density at radius 3 is 2.82 bits per heavy atom. The number of ketones is 1. The van der Waals surface area contributed by atoms with Crippen molar-refractivity contribution in [1.29, 1.82) is 0 Å². The predicted molar refractivity (Wildman–Crippen MR) is 108 cm³/mol. The summed E-state index contributed by atoms with van der Waals surface area (Å²) >= 11 is 0. The van der Waals surface area contributed by atoms with E-state index in [1.165, 1.54) is 32.1 Å². The first-order valence-electron chi connectivity index (χ1n) is 9.92. The molecule has 0 bridgehead atoms. The fourth-order valence-electron chi connectivity index (χ4n) is 3.67. The van der Waals surface area contributed by atoms with Gasteiger partial charge in [-0.25, -0.2) is 0 Å². The van der Waals surface area contributed by atoms with Crippen LogP contribution in [0.2, 0.25) is 0 Å². The summed E-state index contributed by atoms with van der Waals surface area (Å²) in [5.41, 5.74) is 2.17. The highest BCUT2D eigenvalue weighted by Gasteiger charge is 2.15. The summed E-state index contributed by atoms with van der Waals surface area (Å²) in [7, 11) is 0. The number of aromatic nitrogens is 2. The standard InChI is InChI=1S/C22H25N3O3/c1-15(26)11-17-12-19(9-10-23-17)27-18-7-8-20-21(13-18)28-22(25-20)24-14-16-5-3-2-4-6-16/h7-10,12-13,16H,2-6,11,14H2,1H3,(H,24,25). The molecule has 28 heavy (non-hydrogen) atoms. The van der Waals surface area contributed by atoms with E-state index in [-0.39, 0.29) is 5.78 Å². The van der Waals surface area contributed by atoms with E-state index in [1.54, 1.807) is 25.3 Å². The average Bonchev–Trinajstić information content (AvgIpc) is 3.09. The molecule has 4 rings (SSSR count). The Labute approximate surface area is 164 Å². The van der Waals surface area contributed by atoms with Gasteiger partial charge >= 0.3 is 0 Å². The van der Waals surface area contributed by atoms with Crippen molar-refractivity contribution in [2.45, 2.75) is 45.4 Å². The van der Waals surface area contributed by atoms with Crippen molar-refractivity contribution in [3.63, 3.8) is 0 Å². The summed E-state index contributed by atoms with van der Waals surface area (Å²) in [4.78, 5) is 20.0. The molecule has 0 spiro atoms. The number of pyridine rings is 1. The van der Waals surface area contributed by atoms with Crippen molar-refractivity contribution in [3.8, 4) is 11.5 Å². The van der Waals surface area contributed by atoms with E-state index < -0.39 is 0 Å². The van der Waals surface area contributed by atoms with Crippen molar-refractivity contribution in [3.05, 3.63) is 42.2 Å². The van der Waals surface area contributed by atoms with Crippen LogP contribution in [0.15, 0.2) is 40.9 Å². The van der Waals surface area contributed by atoms with Gasteiger partial charge in [-0.2, -0.15) is 4.98 Å². The molecule has 0 radical (unpaired) electrons. The van der Waals surface area contributed by atoms with Gasteiger partial charge in [0.1, 0.15) is 22.8 Å². The first-order valence-corrected chi connectivity index (χ1v) is 9.92. The minimum absolute atomic E-state index is 0.0704. The maximum absolute atomic E-state index is 11.3. The van der Waals surface area contributed by atoms with Crippen LogP contribution >= 0.6 is 0 Å². The Morgan fingerprint density at radius 2 is 2.00 bits per heavy atom. The molecule has 2 aromatic heterocycles. The lowest BCUT2D eigenvalue weighted by Gasteiger charge is -2.21. The summed E-state index contributed by atoms with van der Waals surface area (Å²) in [6.45, 7) is 2.46. The third-order valence-corrected chi connectivity index (χ3v) is 5.08. The number of oxazole rings is 1. The molecule has 0 aliphatic heterocycles. The number of rotatable bonds is 7. The number of anilines is 1. The average molecular weight is 379 g/mol. The highest BCUT2D eigenvalue weighted by Crippen LogP contribution is 2.28. The van der Waals surface area contributed by atoms with Gasteiger partial charge in [0.2, 0.25) is 0 Å². The van der Waals surface area contributed by atoms with Crippen LogP contribution < -0.4 is 10.1 Å². The topological polar surface area (TPSA) is 77.2 Å². The van der Waals surface area contributed by atoms with Gasteiger partial charge in [0.25, 0.3) is 6.01 Å². The number of nitrogens with one attached hydrogen (secondary N) is 1. The molecule has 3 aromatic rings. The molecule has 0 saturated heterocycles. The van der Waals surface area contributed by atoms with Gasteiger partial charge in [0.05, 0.1) is 5.69 Å². The summed E-state index contributed by atoms with van der Waals surface area (Å²) < 4.78 is 11.8. The van der Waals surface area contributed by atoms with Gasteiger partial charge in [-0.1, -0.05) is 19.3 Å². The molecule has 6 heteroatoms. The minimum atomic E-state index is 0.0704. The molecule has 1 aliphatic rings. The van der Waals surface area contributed by atoms with Crippen LogP contribution in [-0.4, -0.2) is 22.3 Å². The van der Waals surface area contributed by atoms with Crippen LogP contribution in [0.4, 0.5) is 6.01 Å². The lowest BCUT2D eigenvalue weighted by Crippen LogP contribution is -2.17. The number of Topliss-reactive ketones (excluding diaryl/α,β-unsaturated/α-hetero) is 1. The summed E-state index contributed by atoms with van der Waals surface area (Å²) in [5, 5.41) is 3.34. The van der Waals surface area contributed by atoms with E-state index in [2.05, 4.69) is 15.3 Å². The quantitative estimate of drug-likeness (QED) is 0.612. The summed E-state index contributed by atoms with van der Waals surface area (Å²) in [6.07, 6.45) is 8.51. The SMILES string of the molecule is CC(=O)Cc1cc(Oc2ccc3nc(NCC4CCCCC4)oc3c2)ccn1. The van der Waals surface area contributed by atoms with Gasteiger partial charge in [-0.15, -0.1) is 0 Å². The van der Waals surface area contributed by atoms with Crippen LogP contribution in [0.3, 0.4) is 0 Å². The highest BCUT2D eigenvalue weighted by molar-refractivity contribution is 5.78. The Bertz CT molecular complexity index is 961. The maximum atomic E-state index is 11.3. The van der Waals surface area contributed by atoms with Crippen LogP contribution in [0.5, 0.6) is 11.5 Å². The Kier molecular flexibility index (Phi) is 5.55. The molecular weight excluding hydrogens is 354 g/mol. The van der Waals surface area contributed by atoms with Gasteiger partial charge in [0, 0.05) is 31.3 Å². The van der Waals surface area contributed by atoms with E-state index in [1.807, 2.05) is 18.2 Å². The second kappa shape index (κ2) is 8.42. The molecule has 0 unspecified atom stereocenters. The third-order valence-electron chi connectivity index (χ3n) is 5.08. The zero-order chi connectivity index (χ0) is 19.3. The number of fused-ring (bicyclic) bond motifs is 1. The smallest absolute Gasteiger partial charge is 0.295 e. The highest BCUT2D eigenvalue weighted by atomic mass is 16.5. The molecule has 1 aromatic carbocycles. The first kappa shape index (κ1) is 18.5. The van der Waals surface area contributed by atoms with E-state index >= 15 is 0 Å². The number of ether oxygens (including phenoxy) is 1. The fourth-order valence-corrected chi connectivity index (χ4v) is 3.67. The monoisotopic (exact) mass is 379 g/mol. The normalized spacial score (nSPS) is 14.9. The van der Waals surface area contributed by atoms with Crippen molar-refractivity contribution in [2.24, 2.45) is 5.92 Å². The number of hydrogen-bond acceptors (Lipinski definition) is 6. The van der Waals surface area contributed by atoms with E-state index in [0.29, 0.717) is 41.1 Å². The van der Waals surface area contributed by atoms with Crippen LogP contribution in [0, 0.1) is 5.92 Å². The van der Waals surface area contributed by atoms with E-state index in [0.717, 1.165) is 12.1 Å². The molecule has 0 atom stereocenters. The van der Waals surface area contributed by atoms with Crippen LogP contribution in [0.25, 0.3) is 11.1 Å². The number of carbonyl (C=O) groups is 1. The maximum Gasteiger partial charge on any atom is 0.295 e. The zero-order valence-corrected chi connectivity index (χ0v) is 16.1. The zero-order valence-electron chi connectivity index (χ0n) is 16.1. The van der Waals surface area contributed by atoms with Crippen LogP contribution in [-0.2, 0) is 11.2 Å². The third kappa shape index (κ3) is 4.68. The van der Waals surface area contributed by atoms with Crippen molar-refractivity contribution in [1.82, 2.24) is 9.97 Å². The molecular formula is C22H25N3O3. The largest absolute Gasteiger partial charge is 0.457 e. The molecule has 1 N–H and O–H groups in total. The Balaban J connectivity index is 1.43. The molecule has 1 saturated carbocycles. The molecule has 1 aliphatic carbocycles. The lowest BCUT2D eigenvalue weighted by molar-refractivity contribution is -0.116. The van der Waals surface area contributed by atoms with Crippen molar-refractivity contribution in [2.75, 3.05) is 11.9 Å². The Morgan fingerprint density at radius 1 is 1.18 bits per heavy atom. The lowest BCUT2D eigenvalue weighted by atomic mass is 9.89. The van der Waals surface area contributed by atoms with Gasteiger partial charge in [-0.3, -0.25) is 9.78 Å². The number of benzene rings is 1. The number of hydrogen-bond donors (Lipinski definition) is 1. The fraction of sp³-hybridized carbons (Fsp3) is 0.409. The first-order chi connectivity index (χ1) is 13.7. The van der Waals surface area contributed by atoms with Gasteiger partial charge in [0.15, 0.2) is 5.58 Å². The number of carbonyl (C=O) groups excluding carboxylic acids is 1. The second-order valence-electron chi connectivity index (χ2n) is 7.50. The van der Waals surface area contributed by atoms with Gasteiger partial charge in [-0.05, 0) is 43.9 Å². The molecule has 1 fully saturated rings. The summed E-state index contributed by atoms with van der Waals surface area (Å²) in [6, 6.07) is 9.69. The number of nitrogens with zero attached hydrogens (tertiary/aromatic N) is 2. The predicted octanol–water partition coefficient (Wildman–Crippen LogP) is 5.14. The van der Waals surface area contributed by atoms with E-state index in [4.69, 9.17) is 9.15 Å². The summed E-state index contributed by atoms with van der Waals surface area (Å²) in [5.74, 6) is 2.07. The van der Waals surface area contributed by atoms with Gasteiger partial charge < -0.3 is 14.5 Å². The molecule has 146 valence electrons. The van der Waals surface area contributed by atoms with Crippen molar-refractivity contribution >= 4 is 22.9 Å². The Hall–Kier alpha value is -2.89. The molecule has 2 heterocycles. The van der Waals surface area contributed by atoms with Crippen molar-refractivity contribution < 1.29 is 13.9 Å². The van der Waals surface area contributed by atoms with Crippen LogP contribution in [0.1, 0.15) is 44.7 Å². The van der Waals surface area contributed by atoms with E-state index in [9.17, 15) is 4.79 Å². The molecule has 0 amide bonds. The molecule has 6 nitrogen and oxygen atoms in total.